The maximum atomic E-state index is 14.3. The summed E-state index contributed by atoms with van der Waals surface area (Å²) in [5, 5.41) is 0. The quantitative estimate of drug-likeness (QED) is 0.633. The van der Waals surface area contributed by atoms with E-state index in [1.165, 1.54) is 12.1 Å². The van der Waals surface area contributed by atoms with Crippen molar-refractivity contribution in [2.45, 2.75) is 13.5 Å². The van der Waals surface area contributed by atoms with Crippen LogP contribution in [0.4, 0.5) is 13.2 Å². The summed E-state index contributed by atoms with van der Waals surface area (Å²) < 4.78 is 46.9. The predicted octanol–water partition coefficient (Wildman–Crippen LogP) is 5.11. The van der Waals surface area contributed by atoms with Gasteiger partial charge in [0, 0.05) is 28.5 Å². The van der Waals surface area contributed by atoms with Gasteiger partial charge in [0.15, 0.2) is 0 Å². The van der Waals surface area contributed by atoms with Crippen LogP contribution in [0.25, 0.3) is 11.1 Å². The molecular weight excluding hydrogens is 411 g/mol. The number of benzene rings is 2. The number of rotatable bonds is 4. The fraction of sp³-hybridized carbons (Fsp3) is 0.105. The van der Waals surface area contributed by atoms with Gasteiger partial charge in [0.1, 0.15) is 34.3 Å². The van der Waals surface area contributed by atoms with Crippen LogP contribution < -0.4 is 10.3 Å². The molecule has 0 spiro atoms. The summed E-state index contributed by atoms with van der Waals surface area (Å²) >= 11 is 3.15. The van der Waals surface area contributed by atoms with E-state index in [2.05, 4.69) is 20.9 Å². The van der Waals surface area contributed by atoms with Crippen LogP contribution in [0, 0.1) is 24.4 Å². The number of aryl methyl sites for hydroxylation is 1. The van der Waals surface area contributed by atoms with Gasteiger partial charge in [0.05, 0.1) is 0 Å². The summed E-state index contributed by atoms with van der Waals surface area (Å²) in [6.07, 6.45) is 0. The highest BCUT2D eigenvalue weighted by atomic mass is 79.9. The minimum Gasteiger partial charge on any atom is -0.487 e. The summed E-state index contributed by atoms with van der Waals surface area (Å²) in [6.45, 7) is 1.36. The zero-order valence-corrected chi connectivity index (χ0v) is 15.2. The lowest BCUT2D eigenvalue weighted by atomic mass is 10.0. The standard InChI is InChI=1S/C19H13BrF3NO2/c1-10-16(13-4-2-3-5-14(13)22)18(17(20)19(25)24-10)26-9-11-6-7-12(21)8-15(11)23/h2-8H,9H2,1H3,(H,24,25). The molecule has 0 aliphatic rings. The average molecular weight is 424 g/mol. The van der Waals surface area contributed by atoms with Crippen LogP contribution in [0.2, 0.25) is 0 Å². The monoisotopic (exact) mass is 423 g/mol. The van der Waals surface area contributed by atoms with Crippen molar-refractivity contribution in [3.05, 3.63) is 86.0 Å². The maximum Gasteiger partial charge on any atom is 0.266 e. The van der Waals surface area contributed by atoms with Gasteiger partial charge in [-0.15, -0.1) is 0 Å². The fourth-order valence-electron chi connectivity index (χ4n) is 2.58. The van der Waals surface area contributed by atoms with Crippen molar-refractivity contribution < 1.29 is 17.9 Å². The second-order valence-electron chi connectivity index (χ2n) is 5.60. The Morgan fingerprint density at radius 2 is 1.81 bits per heavy atom. The third-order valence-corrected chi connectivity index (χ3v) is 4.55. The van der Waals surface area contributed by atoms with Gasteiger partial charge in [0.25, 0.3) is 5.56 Å². The first-order valence-corrected chi connectivity index (χ1v) is 8.41. The number of aromatic nitrogens is 1. The van der Waals surface area contributed by atoms with Crippen molar-refractivity contribution in [3.8, 4) is 16.9 Å². The number of hydrogen-bond acceptors (Lipinski definition) is 2. The summed E-state index contributed by atoms with van der Waals surface area (Å²) in [6, 6.07) is 9.14. The van der Waals surface area contributed by atoms with E-state index in [0.29, 0.717) is 11.3 Å². The molecule has 1 heterocycles. The first kappa shape index (κ1) is 18.3. The van der Waals surface area contributed by atoms with E-state index < -0.39 is 23.0 Å². The maximum absolute atomic E-state index is 14.3. The molecule has 0 aliphatic carbocycles. The highest BCUT2D eigenvalue weighted by Crippen LogP contribution is 2.37. The van der Waals surface area contributed by atoms with E-state index in [4.69, 9.17) is 4.74 Å². The Bertz CT molecular complexity index is 1030. The molecule has 1 N–H and O–H groups in total. The Hall–Kier alpha value is -2.54. The molecular formula is C19H13BrF3NO2. The number of pyridine rings is 1. The van der Waals surface area contributed by atoms with Crippen molar-refractivity contribution in [2.75, 3.05) is 0 Å². The molecule has 3 aromatic rings. The molecule has 7 heteroatoms. The molecule has 0 amide bonds. The number of nitrogens with one attached hydrogen (secondary N) is 1. The van der Waals surface area contributed by atoms with Crippen molar-refractivity contribution >= 4 is 15.9 Å². The van der Waals surface area contributed by atoms with Gasteiger partial charge < -0.3 is 9.72 Å². The molecule has 26 heavy (non-hydrogen) atoms. The molecule has 3 nitrogen and oxygen atoms in total. The highest BCUT2D eigenvalue weighted by molar-refractivity contribution is 9.10. The molecule has 2 aromatic carbocycles. The first-order chi connectivity index (χ1) is 12.4. The minimum atomic E-state index is -0.768. The average Bonchev–Trinajstić information content (AvgIpc) is 2.59. The van der Waals surface area contributed by atoms with Crippen LogP contribution >= 0.6 is 15.9 Å². The molecule has 0 saturated heterocycles. The van der Waals surface area contributed by atoms with E-state index in [0.717, 1.165) is 12.1 Å². The van der Waals surface area contributed by atoms with Crippen LogP contribution in [0.1, 0.15) is 11.3 Å². The summed E-state index contributed by atoms with van der Waals surface area (Å²) in [4.78, 5) is 14.7. The van der Waals surface area contributed by atoms with E-state index in [1.54, 1.807) is 25.1 Å². The molecule has 0 bridgehead atoms. The van der Waals surface area contributed by atoms with Crippen LogP contribution in [0.5, 0.6) is 5.75 Å². The normalized spacial score (nSPS) is 10.8. The van der Waals surface area contributed by atoms with Gasteiger partial charge in [-0.2, -0.15) is 0 Å². The molecule has 0 aliphatic heterocycles. The molecule has 0 radical (unpaired) electrons. The number of aromatic amines is 1. The van der Waals surface area contributed by atoms with Gasteiger partial charge in [0.2, 0.25) is 0 Å². The van der Waals surface area contributed by atoms with Crippen molar-refractivity contribution in [1.29, 1.82) is 0 Å². The Morgan fingerprint density at radius 3 is 2.50 bits per heavy atom. The Balaban J connectivity index is 2.08. The van der Waals surface area contributed by atoms with E-state index in [9.17, 15) is 18.0 Å². The Kier molecular flexibility index (Phi) is 5.18. The van der Waals surface area contributed by atoms with Gasteiger partial charge >= 0.3 is 0 Å². The van der Waals surface area contributed by atoms with Gasteiger partial charge in [-0.25, -0.2) is 13.2 Å². The number of ether oxygens (including phenoxy) is 1. The highest BCUT2D eigenvalue weighted by Gasteiger charge is 2.20. The number of H-pyrrole nitrogens is 1. The lowest BCUT2D eigenvalue weighted by Crippen LogP contribution is -2.13. The molecule has 0 unspecified atom stereocenters. The fourth-order valence-corrected chi connectivity index (χ4v) is 3.00. The molecule has 134 valence electrons. The van der Waals surface area contributed by atoms with Crippen LogP contribution in [0.3, 0.4) is 0 Å². The first-order valence-electron chi connectivity index (χ1n) is 7.62. The second kappa shape index (κ2) is 7.37. The van der Waals surface area contributed by atoms with Crippen LogP contribution in [-0.4, -0.2) is 4.98 Å². The van der Waals surface area contributed by atoms with Crippen LogP contribution in [-0.2, 0) is 6.61 Å². The molecule has 0 atom stereocenters. The second-order valence-corrected chi connectivity index (χ2v) is 6.39. The number of hydrogen-bond donors (Lipinski definition) is 1. The van der Waals surface area contributed by atoms with Crippen molar-refractivity contribution in [3.63, 3.8) is 0 Å². The lowest BCUT2D eigenvalue weighted by molar-refractivity contribution is 0.297. The Morgan fingerprint density at radius 1 is 1.08 bits per heavy atom. The van der Waals surface area contributed by atoms with Gasteiger partial charge in [-0.3, -0.25) is 4.79 Å². The largest absolute Gasteiger partial charge is 0.487 e. The Labute approximate surface area is 155 Å². The minimum absolute atomic E-state index is 0.0591. The smallest absolute Gasteiger partial charge is 0.266 e. The molecule has 0 saturated carbocycles. The third-order valence-electron chi connectivity index (χ3n) is 3.83. The summed E-state index contributed by atoms with van der Waals surface area (Å²) in [5.74, 6) is -1.88. The zero-order valence-electron chi connectivity index (χ0n) is 13.6. The van der Waals surface area contributed by atoms with Crippen molar-refractivity contribution in [2.24, 2.45) is 0 Å². The lowest BCUT2D eigenvalue weighted by Gasteiger charge is -2.16. The van der Waals surface area contributed by atoms with Gasteiger partial charge in [-0.05, 0) is 41.1 Å². The van der Waals surface area contributed by atoms with E-state index in [1.807, 2.05) is 0 Å². The summed E-state index contributed by atoms with van der Waals surface area (Å²) in [5.41, 5.74) is 0.624. The molecule has 3 rings (SSSR count). The van der Waals surface area contributed by atoms with Gasteiger partial charge in [-0.1, -0.05) is 18.2 Å². The van der Waals surface area contributed by atoms with Crippen LogP contribution in [0.15, 0.2) is 51.7 Å². The SMILES string of the molecule is Cc1[nH]c(=O)c(Br)c(OCc2ccc(F)cc2F)c1-c1ccccc1F. The number of halogens is 4. The van der Waals surface area contributed by atoms with E-state index >= 15 is 0 Å². The topological polar surface area (TPSA) is 42.1 Å². The third kappa shape index (κ3) is 3.53. The summed E-state index contributed by atoms with van der Waals surface area (Å²) in [7, 11) is 0. The molecule has 1 aromatic heterocycles. The van der Waals surface area contributed by atoms with E-state index in [-0.39, 0.29) is 28.0 Å². The zero-order chi connectivity index (χ0) is 18.8. The predicted molar refractivity (Wildman–Crippen MR) is 95.6 cm³/mol. The van der Waals surface area contributed by atoms with Crippen molar-refractivity contribution in [1.82, 2.24) is 4.98 Å². The molecule has 0 fully saturated rings.